The summed E-state index contributed by atoms with van der Waals surface area (Å²) in [5.74, 6) is 0. The molecule has 0 heterocycles. The van der Waals surface area contributed by atoms with E-state index in [0.717, 1.165) is 6.92 Å². The third-order valence-corrected chi connectivity index (χ3v) is 0.794. The van der Waals surface area contributed by atoms with Gasteiger partial charge in [0.05, 0.1) is 0 Å². The third kappa shape index (κ3) is 4.09. The predicted molar refractivity (Wildman–Crippen MR) is 30.6 cm³/mol. The number of alkyl halides is 2. The molecule has 0 radical (unpaired) electrons. The fraction of sp³-hybridized carbons (Fsp3) is 0.400. The van der Waals surface area contributed by atoms with E-state index in [4.69, 9.17) is 11.6 Å². The number of halogens is 3. The Labute approximate surface area is 56.3 Å². The molecule has 0 saturated carbocycles. The zero-order chi connectivity index (χ0) is 7.44. The van der Waals surface area contributed by atoms with Crippen molar-refractivity contribution in [1.29, 1.82) is 0 Å². The molecule has 0 aliphatic carbocycles. The largest absolute Gasteiger partial charge is 0.276 e. The molecular formula is C5H5ClF2O. The second kappa shape index (κ2) is 3.56. The quantitative estimate of drug-likeness (QED) is 0.439. The summed E-state index contributed by atoms with van der Waals surface area (Å²) < 4.78 is 23.0. The van der Waals surface area contributed by atoms with Crippen LogP contribution in [0.3, 0.4) is 0 Å². The molecule has 0 aromatic heterocycles. The zero-order valence-corrected chi connectivity index (χ0v) is 5.45. The number of allylic oxidation sites excluding steroid dienone is 2. The average Bonchev–Trinajstić information content (AvgIpc) is 1.63. The predicted octanol–water partition coefficient (Wildman–Crippen LogP) is 1.96. The van der Waals surface area contributed by atoms with Gasteiger partial charge in [-0.1, -0.05) is 0 Å². The molecule has 0 aliphatic rings. The van der Waals surface area contributed by atoms with Crippen LogP contribution < -0.4 is 0 Å². The summed E-state index contributed by atoms with van der Waals surface area (Å²) in [5, 5.41) is -0.868. The molecule has 0 rings (SSSR count). The van der Waals surface area contributed by atoms with Crippen LogP contribution in [-0.4, -0.2) is 11.7 Å². The molecule has 52 valence electrons. The van der Waals surface area contributed by atoms with Gasteiger partial charge in [0, 0.05) is 6.08 Å². The molecule has 0 spiro atoms. The summed E-state index contributed by atoms with van der Waals surface area (Å²) in [6.45, 7) is 1.14. The van der Waals surface area contributed by atoms with Crippen molar-refractivity contribution < 1.29 is 13.6 Å². The topological polar surface area (TPSA) is 17.1 Å². The molecule has 0 fully saturated rings. The maximum atomic E-state index is 11.5. The van der Waals surface area contributed by atoms with Gasteiger partial charge in [-0.3, -0.25) is 4.79 Å². The number of hydrogen-bond donors (Lipinski definition) is 0. The molecule has 4 heteroatoms. The SMILES string of the molecule is CC(=CC(=O)Cl)C(F)F. The highest BCUT2D eigenvalue weighted by molar-refractivity contribution is 6.66. The van der Waals surface area contributed by atoms with Crippen LogP contribution in [0.4, 0.5) is 8.78 Å². The Morgan fingerprint density at radius 2 is 2.11 bits per heavy atom. The Bertz CT molecular complexity index is 142. The minimum Gasteiger partial charge on any atom is -0.276 e. The molecule has 0 aromatic carbocycles. The highest BCUT2D eigenvalue weighted by atomic mass is 35.5. The van der Waals surface area contributed by atoms with E-state index in [2.05, 4.69) is 0 Å². The van der Waals surface area contributed by atoms with Gasteiger partial charge in [-0.05, 0) is 24.1 Å². The zero-order valence-electron chi connectivity index (χ0n) is 4.70. The summed E-state index contributed by atoms with van der Waals surface area (Å²) in [5.41, 5.74) is -0.310. The van der Waals surface area contributed by atoms with Crippen molar-refractivity contribution in [1.82, 2.24) is 0 Å². The molecule has 0 atom stereocenters. The van der Waals surface area contributed by atoms with Crippen LogP contribution in [0.5, 0.6) is 0 Å². The number of carbonyl (C=O) groups excluding carboxylic acids is 1. The van der Waals surface area contributed by atoms with Crippen LogP contribution in [0, 0.1) is 0 Å². The van der Waals surface area contributed by atoms with Gasteiger partial charge in [0.1, 0.15) is 0 Å². The first-order valence-corrected chi connectivity index (χ1v) is 2.57. The maximum absolute atomic E-state index is 11.5. The van der Waals surface area contributed by atoms with E-state index in [1.54, 1.807) is 0 Å². The summed E-state index contributed by atoms with van der Waals surface area (Å²) in [6, 6.07) is 0. The number of hydrogen-bond acceptors (Lipinski definition) is 1. The minimum absolute atomic E-state index is 0.310. The van der Waals surface area contributed by atoms with Crippen LogP contribution in [0.25, 0.3) is 0 Å². The van der Waals surface area contributed by atoms with Crippen molar-refractivity contribution in [3.8, 4) is 0 Å². The lowest BCUT2D eigenvalue weighted by Crippen LogP contribution is -1.93. The summed E-state index contributed by atoms with van der Waals surface area (Å²) in [7, 11) is 0. The van der Waals surface area contributed by atoms with Crippen LogP contribution in [-0.2, 0) is 4.79 Å². The lowest BCUT2D eigenvalue weighted by molar-refractivity contribution is -0.107. The van der Waals surface area contributed by atoms with E-state index in [-0.39, 0.29) is 5.57 Å². The van der Waals surface area contributed by atoms with E-state index >= 15 is 0 Å². The smallest absolute Gasteiger partial charge is 0.260 e. The van der Waals surface area contributed by atoms with Gasteiger partial charge in [0.2, 0.25) is 5.24 Å². The molecule has 0 N–H and O–H groups in total. The van der Waals surface area contributed by atoms with Gasteiger partial charge in [-0.2, -0.15) is 0 Å². The Morgan fingerprint density at radius 1 is 1.67 bits per heavy atom. The van der Waals surface area contributed by atoms with Gasteiger partial charge in [-0.25, -0.2) is 8.78 Å². The molecule has 0 aliphatic heterocycles. The Hall–Kier alpha value is -0.440. The molecule has 0 amide bonds. The Morgan fingerprint density at radius 3 is 2.22 bits per heavy atom. The summed E-state index contributed by atoms with van der Waals surface area (Å²) in [4.78, 5) is 9.91. The summed E-state index contributed by atoms with van der Waals surface area (Å²) >= 11 is 4.77. The average molecular weight is 155 g/mol. The molecule has 0 bridgehead atoms. The molecule has 0 aromatic rings. The van der Waals surface area contributed by atoms with E-state index in [1.807, 2.05) is 0 Å². The normalized spacial score (nSPS) is 12.3. The van der Waals surface area contributed by atoms with Gasteiger partial charge in [0.15, 0.2) is 0 Å². The number of rotatable bonds is 2. The fourth-order valence-electron chi connectivity index (χ4n) is 0.242. The van der Waals surface area contributed by atoms with E-state index < -0.39 is 11.7 Å². The van der Waals surface area contributed by atoms with Gasteiger partial charge in [0.25, 0.3) is 6.43 Å². The Balaban J connectivity index is 4.00. The van der Waals surface area contributed by atoms with Crippen molar-refractivity contribution >= 4 is 16.8 Å². The number of carbonyl (C=O) groups is 1. The van der Waals surface area contributed by atoms with Gasteiger partial charge in [-0.15, -0.1) is 0 Å². The van der Waals surface area contributed by atoms with Crippen molar-refractivity contribution in [2.24, 2.45) is 0 Å². The van der Waals surface area contributed by atoms with Gasteiger partial charge >= 0.3 is 0 Å². The molecule has 9 heavy (non-hydrogen) atoms. The van der Waals surface area contributed by atoms with Crippen LogP contribution >= 0.6 is 11.6 Å². The maximum Gasteiger partial charge on any atom is 0.260 e. The second-order valence-corrected chi connectivity index (χ2v) is 1.87. The monoisotopic (exact) mass is 154 g/mol. The first-order valence-electron chi connectivity index (χ1n) is 2.20. The third-order valence-electron chi connectivity index (χ3n) is 0.685. The van der Waals surface area contributed by atoms with Gasteiger partial charge < -0.3 is 0 Å². The molecule has 0 saturated heterocycles. The van der Waals surface area contributed by atoms with Crippen molar-refractivity contribution in [2.75, 3.05) is 0 Å². The lowest BCUT2D eigenvalue weighted by atomic mass is 10.3. The summed E-state index contributed by atoms with van der Waals surface area (Å²) in [6.07, 6.45) is -1.89. The fourth-order valence-corrected chi connectivity index (χ4v) is 0.414. The van der Waals surface area contributed by atoms with Crippen molar-refractivity contribution in [3.63, 3.8) is 0 Å². The highest BCUT2D eigenvalue weighted by Crippen LogP contribution is 2.06. The van der Waals surface area contributed by atoms with Crippen molar-refractivity contribution in [3.05, 3.63) is 11.6 Å². The van der Waals surface area contributed by atoms with E-state index in [0.29, 0.717) is 6.08 Å². The first-order chi connectivity index (χ1) is 4.04. The second-order valence-electron chi connectivity index (χ2n) is 1.49. The van der Waals surface area contributed by atoms with Crippen LogP contribution in [0.1, 0.15) is 6.92 Å². The molecular weight excluding hydrogens is 150 g/mol. The first kappa shape index (κ1) is 8.56. The lowest BCUT2D eigenvalue weighted by Gasteiger charge is -1.93. The van der Waals surface area contributed by atoms with Crippen molar-refractivity contribution in [2.45, 2.75) is 13.3 Å². The van der Waals surface area contributed by atoms with E-state index in [9.17, 15) is 13.6 Å². The highest BCUT2D eigenvalue weighted by Gasteiger charge is 2.05. The molecule has 0 unspecified atom stereocenters. The van der Waals surface area contributed by atoms with E-state index in [1.165, 1.54) is 0 Å². The molecule has 1 nitrogen and oxygen atoms in total. The van der Waals surface area contributed by atoms with Crippen LogP contribution in [0.2, 0.25) is 0 Å². The Kier molecular flexibility index (Phi) is 3.39. The van der Waals surface area contributed by atoms with Crippen LogP contribution in [0.15, 0.2) is 11.6 Å². The standard InChI is InChI=1S/C5H5ClF2O/c1-3(5(7)8)2-4(6)9/h2,5H,1H3. The minimum atomic E-state index is -2.59.